The zero-order valence-electron chi connectivity index (χ0n) is 20.7. The molecule has 3 aliphatic heterocycles. The summed E-state index contributed by atoms with van der Waals surface area (Å²) in [7, 11) is 0. The zero-order chi connectivity index (χ0) is 23.5. The lowest BCUT2D eigenvalue weighted by atomic mass is 10.0. The van der Waals surface area contributed by atoms with Crippen LogP contribution in [0.25, 0.3) is 11.1 Å². The Morgan fingerprint density at radius 2 is 1.68 bits per heavy atom. The van der Waals surface area contributed by atoms with Gasteiger partial charge in [0, 0.05) is 56.6 Å². The minimum atomic E-state index is 0.0814. The van der Waals surface area contributed by atoms with Crippen LogP contribution in [0.15, 0.2) is 46.7 Å². The highest BCUT2D eigenvalue weighted by Gasteiger charge is 2.33. The van der Waals surface area contributed by atoms with Crippen molar-refractivity contribution >= 4 is 17.2 Å². The maximum atomic E-state index is 13.6. The van der Waals surface area contributed by atoms with Crippen LogP contribution in [-0.4, -0.2) is 61.0 Å². The number of benzene rings is 2. The van der Waals surface area contributed by atoms with Gasteiger partial charge < -0.3 is 9.80 Å². The first-order chi connectivity index (χ1) is 16.7. The number of ketones is 1. The highest BCUT2D eigenvalue weighted by atomic mass is 16.1. The van der Waals surface area contributed by atoms with Gasteiger partial charge >= 0.3 is 0 Å². The van der Waals surface area contributed by atoms with Crippen molar-refractivity contribution in [2.75, 3.05) is 44.2 Å². The first-order valence-electron chi connectivity index (χ1n) is 13.2. The first kappa shape index (κ1) is 23.0. The topological polar surface area (TPSA) is 51.5 Å². The number of unbranched alkanes of at least 4 members (excludes halogenated alkanes) is 2. The maximum Gasteiger partial charge on any atom is 0.196 e. The second-order valence-corrected chi connectivity index (χ2v) is 9.88. The van der Waals surface area contributed by atoms with Gasteiger partial charge in [-0.25, -0.2) is 0 Å². The summed E-state index contributed by atoms with van der Waals surface area (Å²) in [6.07, 6.45) is 6.87. The lowest BCUT2D eigenvalue weighted by Gasteiger charge is -2.33. The third kappa shape index (κ3) is 4.48. The Morgan fingerprint density at radius 1 is 0.912 bits per heavy atom. The third-order valence-corrected chi connectivity index (χ3v) is 7.61. The van der Waals surface area contributed by atoms with Gasteiger partial charge in [-0.3, -0.25) is 9.80 Å². The quantitative estimate of drug-likeness (QED) is 0.287. The highest BCUT2D eigenvalue weighted by molar-refractivity contribution is 6.24. The van der Waals surface area contributed by atoms with E-state index in [0.29, 0.717) is 17.3 Å². The van der Waals surface area contributed by atoms with Gasteiger partial charge in [0.15, 0.2) is 5.78 Å². The fourth-order valence-corrected chi connectivity index (χ4v) is 5.58. The van der Waals surface area contributed by atoms with E-state index < -0.39 is 0 Å². The molecule has 3 saturated heterocycles. The van der Waals surface area contributed by atoms with Crippen molar-refractivity contribution in [1.29, 1.82) is 0 Å². The minimum Gasteiger partial charge on any atom is -0.367 e. The summed E-state index contributed by atoms with van der Waals surface area (Å²) in [6, 6.07) is 13.0. The molecule has 0 unspecified atom stereocenters. The molecule has 0 N–H and O–H groups in total. The molecule has 6 rings (SSSR count). The number of piperidine rings is 1. The Morgan fingerprint density at radius 3 is 2.41 bits per heavy atom. The number of nitrogens with zero attached hydrogens (tertiary/aromatic N) is 5. The highest BCUT2D eigenvalue weighted by Crippen LogP contribution is 2.43. The Kier molecular flexibility index (Phi) is 6.95. The molecule has 180 valence electrons. The Hall–Kier alpha value is -2.73. The van der Waals surface area contributed by atoms with E-state index in [1.807, 2.05) is 18.2 Å². The lowest BCUT2D eigenvalue weighted by molar-refractivity contribution is 0.104. The van der Waals surface area contributed by atoms with Gasteiger partial charge in [-0.05, 0) is 55.0 Å². The van der Waals surface area contributed by atoms with Gasteiger partial charge in [0.2, 0.25) is 0 Å². The number of hydrogen-bond acceptors (Lipinski definition) is 5. The summed E-state index contributed by atoms with van der Waals surface area (Å²) >= 11 is 0. The van der Waals surface area contributed by atoms with Crippen LogP contribution >= 0.6 is 0 Å². The average molecular weight is 460 g/mol. The Balaban J connectivity index is 1.41. The monoisotopic (exact) mass is 459 g/mol. The molecule has 2 aromatic rings. The second kappa shape index (κ2) is 10.3. The predicted octanol–water partition coefficient (Wildman–Crippen LogP) is 6.08. The molecule has 4 aliphatic rings. The molecule has 34 heavy (non-hydrogen) atoms. The van der Waals surface area contributed by atoms with E-state index in [9.17, 15) is 4.79 Å². The lowest BCUT2D eigenvalue weighted by Crippen LogP contribution is -2.37. The zero-order valence-corrected chi connectivity index (χ0v) is 20.7. The van der Waals surface area contributed by atoms with Crippen molar-refractivity contribution in [3.05, 3.63) is 47.5 Å². The van der Waals surface area contributed by atoms with E-state index in [4.69, 9.17) is 0 Å². The number of anilines is 1. The summed E-state index contributed by atoms with van der Waals surface area (Å²) in [4.78, 5) is 18.7. The minimum absolute atomic E-state index is 0.0814. The van der Waals surface area contributed by atoms with Crippen LogP contribution < -0.4 is 4.90 Å². The molecule has 0 aromatic heterocycles. The molecule has 3 heterocycles. The van der Waals surface area contributed by atoms with E-state index in [0.717, 1.165) is 68.6 Å². The summed E-state index contributed by atoms with van der Waals surface area (Å²) in [5.74, 6) is 0.0814. The molecule has 0 spiro atoms. The number of carbonyl (C=O) groups excluding carboxylic acids is 1. The van der Waals surface area contributed by atoms with Gasteiger partial charge in [-0.2, -0.15) is 0 Å². The molecule has 3 fully saturated rings. The number of carbonyl (C=O) groups is 1. The van der Waals surface area contributed by atoms with Gasteiger partial charge in [-0.1, -0.05) is 50.1 Å². The van der Waals surface area contributed by atoms with E-state index in [-0.39, 0.29) is 5.78 Å². The van der Waals surface area contributed by atoms with Crippen molar-refractivity contribution in [3.8, 4) is 11.1 Å². The Labute approximate surface area is 203 Å². The van der Waals surface area contributed by atoms with Gasteiger partial charge in [-0.15, -0.1) is 5.11 Å². The van der Waals surface area contributed by atoms with Crippen molar-refractivity contribution in [2.24, 2.45) is 10.3 Å². The summed E-state index contributed by atoms with van der Waals surface area (Å²) in [6.45, 7) is 10.7. The fraction of sp³-hybridized carbons (Fsp3) is 0.536. The standard InChI is InChI=1S/C28H37N5O/c1-3-5-14-32(15-6-4-2)30-29-26-9-7-8-24-23-11-10-22(20-25(23)28(34)27(24)26)33-19-18-31-16-12-21(33)13-17-31/h7-11,20-21H,3-6,12-19H2,1-2H3/b30-29+. The Bertz CT molecular complexity index is 1050. The number of rotatable bonds is 9. The van der Waals surface area contributed by atoms with Gasteiger partial charge in [0.05, 0.1) is 11.3 Å². The molecule has 0 saturated carbocycles. The van der Waals surface area contributed by atoms with E-state index in [2.05, 4.69) is 57.2 Å². The van der Waals surface area contributed by atoms with Crippen LogP contribution in [0.5, 0.6) is 0 Å². The van der Waals surface area contributed by atoms with E-state index >= 15 is 0 Å². The van der Waals surface area contributed by atoms with Crippen LogP contribution in [0.4, 0.5) is 11.4 Å². The van der Waals surface area contributed by atoms with Crippen LogP contribution in [-0.2, 0) is 0 Å². The SMILES string of the molecule is CCCCN(CCCC)/N=N/c1cccc2c1C(=O)c1cc(N3CCN4CCC3CC4)ccc1-2. The summed E-state index contributed by atoms with van der Waals surface area (Å²) < 4.78 is 0. The normalized spacial score (nSPS) is 21.1. The van der Waals surface area contributed by atoms with E-state index in [1.54, 1.807) is 0 Å². The third-order valence-electron chi connectivity index (χ3n) is 7.61. The molecule has 6 nitrogen and oxygen atoms in total. The maximum absolute atomic E-state index is 13.6. The molecule has 0 amide bonds. The predicted molar refractivity (Wildman–Crippen MR) is 138 cm³/mol. The smallest absolute Gasteiger partial charge is 0.196 e. The molecule has 1 aliphatic carbocycles. The number of fused-ring (bicyclic) bond motifs is 7. The second-order valence-electron chi connectivity index (χ2n) is 9.88. The fourth-order valence-electron chi connectivity index (χ4n) is 5.58. The van der Waals surface area contributed by atoms with Crippen LogP contribution in [0.1, 0.15) is 68.3 Å². The van der Waals surface area contributed by atoms with Crippen LogP contribution in [0, 0.1) is 0 Å². The first-order valence-corrected chi connectivity index (χ1v) is 13.2. The van der Waals surface area contributed by atoms with Gasteiger partial charge in [0.1, 0.15) is 0 Å². The largest absolute Gasteiger partial charge is 0.367 e. The van der Waals surface area contributed by atoms with Crippen molar-refractivity contribution in [3.63, 3.8) is 0 Å². The summed E-state index contributed by atoms with van der Waals surface area (Å²) in [5.41, 5.74) is 5.38. The molecular weight excluding hydrogens is 422 g/mol. The number of hydrogen-bond donors (Lipinski definition) is 0. The summed E-state index contributed by atoms with van der Waals surface area (Å²) in [5, 5.41) is 11.2. The molecule has 2 bridgehead atoms. The molecule has 2 aromatic carbocycles. The molecule has 6 heteroatoms. The van der Waals surface area contributed by atoms with E-state index in [1.165, 1.54) is 31.6 Å². The van der Waals surface area contributed by atoms with Crippen molar-refractivity contribution in [2.45, 2.75) is 58.4 Å². The van der Waals surface area contributed by atoms with Crippen molar-refractivity contribution in [1.82, 2.24) is 9.91 Å². The average Bonchev–Trinajstić information content (AvgIpc) is 3.03. The van der Waals surface area contributed by atoms with Crippen LogP contribution in [0.2, 0.25) is 0 Å². The molecule has 0 radical (unpaired) electrons. The molecule has 0 atom stereocenters. The van der Waals surface area contributed by atoms with Crippen molar-refractivity contribution < 1.29 is 4.79 Å². The molecular formula is C28H37N5O. The van der Waals surface area contributed by atoms with Crippen LogP contribution in [0.3, 0.4) is 0 Å². The van der Waals surface area contributed by atoms with Gasteiger partial charge in [0.25, 0.3) is 0 Å².